The molecule has 2 N–H and O–H groups in total. The number of fused-ring (bicyclic) bond motifs is 1. The molecule has 0 saturated carbocycles. The van der Waals surface area contributed by atoms with Crippen molar-refractivity contribution in [1.82, 2.24) is 15.3 Å². The first kappa shape index (κ1) is 11.1. The maximum atomic E-state index is 12.0. The molecule has 5 heteroatoms. The van der Waals surface area contributed by atoms with E-state index in [4.69, 9.17) is 4.42 Å². The minimum absolute atomic E-state index is 0.0351. The predicted molar refractivity (Wildman–Crippen MR) is 64.7 cm³/mol. The number of imidazole rings is 1. The Morgan fingerprint density at radius 2 is 2.56 bits per heavy atom. The number of amides is 1. The van der Waals surface area contributed by atoms with Crippen LogP contribution in [0.25, 0.3) is 0 Å². The van der Waals surface area contributed by atoms with Gasteiger partial charge in [-0.1, -0.05) is 0 Å². The zero-order chi connectivity index (χ0) is 12.4. The summed E-state index contributed by atoms with van der Waals surface area (Å²) in [7, 11) is 0. The molecule has 2 heterocycles. The number of nitrogens with one attached hydrogen (secondary N) is 2. The third kappa shape index (κ3) is 2.16. The van der Waals surface area contributed by atoms with Gasteiger partial charge in [-0.15, -0.1) is 0 Å². The van der Waals surface area contributed by atoms with Crippen molar-refractivity contribution in [2.24, 2.45) is 5.92 Å². The Kier molecular flexibility index (Phi) is 2.88. The van der Waals surface area contributed by atoms with Crippen molar-refractivity contribution in [3.63, 3.8) is 0 Å². The van der Waals surface area contributed by atoms with Crippen LogP contribution >= 0.6 is 0 Å². The number of H-pyrrole nitrogens is 1. The Balaban J connectivity index is 1.57. The first-order valence-corrected chi connectivity index (χ1v) is 6.14. The Hall–Kier alpha value is -2.04. The number of hydrogen-bond donors (Lipinski definition) is 2. The fourth-order valence-electron chi connectivity index (χ4n) is 2.36. The van der Waals surface area contributed by atoms with Crippen LogP contribution < -0.4 is 5.32 Å². The summed E-state index contributed by atoms with van der Waals surface area (Å²) in [5, 5.41) is 2.91. The molecule has 0 bridgehead atoms. The van der Waals surface area contributed by atoms with Gasteiger partial charge in [-0.05, 0) is 25.0 Å². The van der Waals surface area contributed by atoms with Gasteiger partial charge in [0.05, 0.1) is 24.8 Å². The largest absolute Gasteiger partial charge is 0.467 e. The molecule has 0 unspecified atom stereocenters. The molecule has 1 aliphatic rings. The zero-order valence-corrected chi connectivity index (χ0v) is 9.98. The summed E-state index contributed by atoms with van der Waals surface area (Å²) >= 11 is 0. The maximum absolute atomic E-state index is 12.0. The molecule has 3 rings (SSSR count). The summed E-state index contributed by atoms with van der Waals surface area (Å²) in [4.78, 5) is 19.4. The van der Waals surface area contributed by atoms with Gasteiger partial charge in [0.1, 0.15) is 5.76 Å². The molecule has 2 aromatic rings. The van der Waals surface area contributed by atoms with Crippen molar-refractivity contribution in [3.8, 4) is 0 Å². The molecule has 18 heavy (non-hydrogen) atoms. The van der Waals surface area contributed by atoms with Crippen molar-refractivity contribution in [3.05, 3.63) is 41.9 Å². The second-order valence-corrected chi connectivity index (χ2v) is 4.56. The van der Waals surface area contributed by atoms with Crippen LogP contribution in [0.3, 0.4) is 0 Å². The van der Waals surface area contributed by atoms with Gasteiger partial charge in [-0.3, -0.25) is 4.79 Å². The second-order valence-electron chi connectivity index (χ2n) is 4.56. The fourth-order valence-corrected chi connectivity index (χ4v) is 2.36. The molecule has 2 aromatic heterocycles. The van der Waals surface area contributed by atoms with E-state index in [1.807, 2.05) is 12.1 Å². The minimum atomic E-state index is 0.0351. The van der Waals surface area contributed by atoms with E-state index in [0.29, 0.717) is 6.54 Å². The Bertz CT molecular complexity index is 530. The van der Waals surface area contributed by atoms with Crippen molar-refractivity contribution in [2.45, 2.75) is 25.8 Å². The normalized spacial score (nSPS) is 18.3. The SMILES string of the molecule is O=C(NCc1ccco1)[C@@H]1CCc2nc[nH]c2C1. The van der Waals surface area contributed by atoms with Crippen LogP contribution in [0, 0.1) is 5.92 Å². The number of aromatic amines is 1. The summed E-state index contributed by atoms with van der Waals surface area (Å²) in [6, 6.07) is 3.67. The predicted octanol–water partition coefficient (Wildman–Crippen LogP) is 1.42. The van der Waals surface area contributed by atoms with Gasteiger partial charge in [0.25, 0.3) is 0 Å². The Morgan fingerprint density at radius 3 is 3.39 bits per heavy atom. The third-order valence-corrected chi connectivity index (χ3v) is 3.38. The van der Waals surface area contributed by atoms with Gasteiger partial charge in [0, 0.05) is 18.0 Å². The van der Waals surface area contributed by atoms with E-state index in [0.717, 1.165) is 36.4 Å². The zero-order valence-electron chi connectivity index (χ0n) is 9.98. The molecule has 1 atom stereocenters. The van der Waals surface area contributed by atoms with E-state index in [1.165, 1.54) is 0 Å². The van der Waals surface area contributed by atoms with Gasteiger partial charge in [0.2, 0.25) is 5.91 Å². The van der Waals surface area contributed by atoms with Crippen LogP contribution in [-0.4, -0.2) is 15.9 Å². The van der Waals surface area contributed by atoms with E-state index in [1.54, 1.807) is 12.6 Å². The molecule has 0 fully saturated rings. The van der Waals surface area contributed by atoms with Crippen LogP contribution in [0.15, 0.2) is 29.1 Å². The first-order chi connectivity index (χ1) is 8.83. The molecule has 1 aliphatic carbocycles. The molecule has 0 aromatic carbocycles. The Morgan fingerprint density at radius 1 is 1.61 bits per heavy atom. The second kappa shape index (κ2) is 4.68. The lowest BCUT2D eigenvalue weighted by Gasteiger charge is -2.20. The smallest absolute Gasteiger partial charge is 0.223 e. The summed E-state index contributed by atoms with van der Waals surface area (Å²) < 4.78 is 5.18. The van der Waals surface area contributed by atoms with Crippen LogP contribution in [0.4, 0.5) is 0 Å². The summed E-state index contributed by atoms with van der Waals surface area (Å²) in [5.41, 5.74) is 2.20. The number of nitrogens with zero attached hydrogens (tertiary/aromatic N) is 1. The lowest BCUT2D eigenvalue weighted by atomic mass is 9.89. The molecular weight excluding hydrogens is 230 g/mol. The van der Waals surface area contributed by atoms with E-state index < -0.39 is 0 Å². The van der Waals surface area contributed by atoms with Crippen molar-refractivity contribution in [1.29, 1.82) is 0 Å². The van der Waals surface area contributed by atoms with E-state index in [-0.39, 0.29) is 11.8 Å². The highest BCUT2D eigenvalue weighted by Crippen LogP contribution is 2.22. The van der Waals surface area contributed by atoms with Gasteiger partial charge in [0.15, 0.2) is 0 Å². The van der Waals surface area contributed by atoms with E-state index >= 15 is 0 Å². The molecule has 94 valence electrons. The van der Waals surface area contributed by atoms with Crippen molar-refractivity contribution >= 4 is 5.91 Å². The molecule has 0 spiro atoms. The van der Waals surface area contributed by atoms with Crippen LogP contribution in [-0.2, 0) is 24.2 Å². The van der Waals surface area contributed by atoms with Gasteiger partial charge in [-0.2, -0.15) is 0 Å². The molecule has 5 nitrogen and oxygen atoms in total. The van der Waals surface area contributed by atoms with Crippen LogP contribution in [0.1, 0.15) is 23.6 Å². The number of rotatable bonds is 3. The molecule has 0 saturated heterocycles. The number of carbonyl (C=O) groups excluding carboxylic acids is 1. The number of aromatic nitrogens is 2. The summed E-state index contributed by atoms with van der Waals surface area (Å²) in [6.07, 6.45) is 5.80. The highest BCUT2D eigenvalue weighted by molar-refractivity contribution is 5.79. The fraction of sp³-hybridized carbons (Fsp3) is 0.385. The standard InChI is InChI=1S/C13H15N3O2/c17-13(14-7-10-2-1-5-18-10)9-3-4-11-12(6-9)16-8-15-11/h1-2,5,8-9H,3-4,6-7H2,(H,14,17)(H,15,16)/t9-/m1/s1. The van der Waals surface area contributed by atoms with Crippen LogP contribution in [0.5, 0.6) is 0 Å². The first-order valence-electron chi connectivity index (χ1n) is 6.14. The third-order valence-electron chi connectivity index (χ3n) is 3.38. The topological polar surface area (TPSA) is 70.9 Å². The minimum Gasteiger partial charge on any atom is -0.467 e. The number of hydrogen-bond acceptors (Lipinski definition) is 3. The average Bonchev–Trinajstić information content (AvgIpc) is 3.05. The van der Waals surface area contributed by atoms with Gasteiger partial charge >= 0.3 is 0 Å². The molecule has 1 amide bonds. The lowest BCUT2D eigenvalue weighted by Crippen LogP contribution is -2.33. The monoisotopic (exact) mass is 245 g/mol. The quantitative estimate of drug-likeness (QED) is 0.859. The van der Waals surface area contributed by atoms with Crippen molar-refractivity contribution < 1.29 is 9.21 Å². The number of carbonyl (C=O) groups is 1. The molecule has 0 aliphatic heterocycles. The highest BCUT2D eigenvalue weighted by Gasteiger charge is 2.25. The van der Waals surface area contributed by atoms with Crippen molar-refractivity contribution in [2.75, 3.05) is 0 Å². The number of furan rings is 1. The summed E-state index contributed by atoms with van der Waals surface area (Å²) in [5.74, 6) is 0.904. The Labute approximate surface area is 105 Å². The lowest BCUT2D eigenvalue weighted by molar-refractivity contribution is -0.125. The average molecular weight is 245 g/mol. The van der Waals surface area contributed by atoms with Gasteiger partial charge in [-0.25, -0.2) is 4.98 Å². The van der Waals surface area contributed by atoms with E-state index in [2.05, 4.69) is 15.3 Å². The van der Waals surface area contributed by atoms with Gasteiger partial charge < -0.3 is 14.7 Å². The molecule has 0 radical (unpaired) electrons. The number of aryl methyl sites for hydroxylation is 1. The summed E-state index contributed by atoms with van der Waals surface area (Å²) in [6.45, 7) is 0.457. The van der Waals surface area contributed by atoms with E-state index in [9.17, 15) is 4.79 Å². The highest BCUT2D eigenvalue weighted by atomic mass is 16.3. The maximum Gasteiger partial charge on any atom is 0.223 e. The van der Waals surface area contributed by atoms with Crippen LogP contribution in [0.2, 0.25) is 0 Å². The molecular formula is C13H15N3O2.